The second kappa shape index (κ2) is 6.67. The number of hydrogen-bond donors (Lipinski definition) is 0. The van der Waals surface area contributed by atoms with Gasteiger partial charge in [0.25, 0.3) is 0 Å². The van der Waals surface area contributed by atoms with Crippen molar-refractivity contribution in [3.8, 4) is 0 Å². The van der Waals surface area contributed by atoms with Gasteiger partial charge in [-0.2, -0.15) is 0 Å². The molecule has 1 rings (SSSR count). The molecule has 0 N–H and O–H groups in total. The normalized spacial score (nSPS) is 10.8. The van der Waals surface area contributed by atoms with Crippen LogP contribution in [0.15, 0.2) is 12.1 Å². The van der Waals surface area contributed by atoms with Crippen molar-refractivity contribution in [2.75, 3.05) is 0 Å². The first kappa shape index (κ1) is 13.2. The van der Waals surface area contributed by atoms with Gasteiger partial charge in [0.15, 0.2) is 0 Å². The summed E-state index contributed by atoms with van der Waals surface area (Å²) < 4.78 is 13.8. The maximum atomic E-state index is 13.8. The maximum absolute atomic E-state index is 13.8. The zero-order valence-electron chi connectivity index (χ0n) is 10.8. The molecule has 0 amide bonds. The van der Waals surface area contributed by atoms with Gasteiger partial charge in [0.1, 0.15) is 5.82 Å². The molecule has 16 heavy (non-hydrogen) atoms. The summed E-state index contributed by atoms with van der Waals surface area (Å²) in [4.78, 5) is 0. The molecule has 1 aromatic rings. The van der Waals surface area contributed by atoms with E-state index < -0.39 is 0 Å². The molecule has 1 heteroatoms. The number of aryl methyl sites for hydroxylation is 1. The number of benzene rings is 1. The third-order valence-corrected chi connectivity index (χ3v) is 2.99. The Morgan fingerprint density at radius 1 is 0.812 bits per heavy atom. The fourth-order valence-electron chi connectivity index (χ4n) is 2.30. The van der Waals surface area contributed by atoms with Crippen LogP contribution in [0.2, 0.25) is 0 Å². The van der Waals surface area contributed by atoms with Gasteiger partial charge < -0.3 is 0 Å². The van der Waals surface area contributed by atoms with Crippen LogP contribution in [-0.4, -0.2) is 0 Å². The third kappa shape index (κ3) is 3.07. The van der Waals surface area contributed by atoms with Crippen LogP contribution in [-0.2, 0) is 19.3 Å². The largest absolute Gasteiger partial charge is 0.207 e. The first-order valence-electron chi connectivity index (χ1n) is 6.53. The van der Waals surface area contributed by atoms with Crippen LogP contribution in [0, 0.1) is 5.82 Å². The lowest BCUT2D eigenvalue weighted by Gasteiger charge is -2.14. The summed E-state index contributed by atoms with van der Waals surface area (Å²) in [6, 6.07) is 3.62. The highest BCUT2D eigenvalue weighted by Gasteiger charge is 2.11. The number of halogens is 1. The van der Waals surface area contributed by atoms with Crippen LogP contribution in [0.4, 0.5) is 4.39 Å². The lowest BCUT2D eigenvalue weighted by atomic mass is 9.92. The topological polar surface area (TPSA) is 0 Å². The molecule has 0 saturated heterocycles. The Morgan fingerprint density at radius 3 is 1.94 bits per heavy atom. The molecule has 0 unspecified atom stereocenters. The highest BCUT2D eigenvalue weighted by molar-refractivity contribution is 5.37. The van der Waals surface area contributed by atoms with Crippen molar-refractivity contribution < 1.29 is 4.39 Å². The molecule has 0 bridgehead atoms. The van der Waals surface area contributed by atoms with E-state index in [1.165, 1.54) is 11.1 Å². The summed E-state index contributed by atoms with van der Waals surface area (Å²) in [5, 5.41) is 0. The average Bonchev–Trinajstić information content (AvgIpc) is 2.27. The van der Waals surface area contributed by atoms with E-state index in [4.69, 9.17) is 0 Å². The molecular formula is C15H23F. The van der Waals surface area contributed by atoms with Gasteiger partial charge in [0.2, 0.25) is 0 Å². The predicted molar refractivity (Wildman–Crippen MR) is 68.4 cm³/mol. The van der Waals surface area contributed by atoms with Crippen molar-refractivity contribution in [1.29, 1.82) is 0 Å². The molecule has 0 heterocycles. The molecule has 0 aliphatic heterocycles. The van der Waals surface area contributed by atoms with E-state index in [1.54, 1.807) is 6.07 Å². The first-order valence-corrected chi connectivity index (χ1v) is 6.53. The quantitative estimate of drug-likeness (QED) is 0.655. The zero-order chi connectivity index (χ0) is 12.0. The van der Waals surface area contributed by atoms with Crippen LogP contribution < -0.4 is 0 Å². The van der Waals surface area contributed by atoms with Gasteiger partial charge in [-0.1, -0.05) is 46.1 Å². The lowest BCUT2D eigenvalue weighted by Crippen LogP contribution is -2.03. The molecule has 0 atom stereocenters. The molecule has 90 valence electrons. The standard InChI is InChI=1S/C15H23F/c1-4-7-12-10-11-15(16)14(9-6-3)13(12)8-5-2/h10-11H,4-9H2,1-3H3. The average molecular weight is 222 g/mol. The minimum atomic E-state index is -0.00912. The fraction of sp³-hybridized carbons (Fsp3) is 0.600. The van der Waals surface area contributed by atoms with Gasteiger partial charge in [-0.05, 0) is 42.0 Å². The van der Waals surface area contributed by atoms with Crippen LogP contribution in [0.1, 0.15) is 56.7 Å². The van der Waals surface area contributed by atoms with Gasteiger partial charge in [0, 0.05) is 0 Å². The van der Waals surface area contributed by atoms with Crippen LogP contribution in [0.25, 0.3) is 0 Å². The van der Waals surface area contributed by atoms with Crippen molar-refractivity contribution in [2.24, 2.45) is 0 Å². The van der Waals surface area contributed by atoms with Gasteiger partial charge in [-0.25, -0.2) is 4.39 Å². The summed E-state index contributed by atoms with van der Waals surface area (Å²) in [5.41, 5.74) is 3.61. The van der Waals surface area contributed by atoms with Crippen molar-refractivity contribution in [1.82, 2.24) is 0 Å². The summed E-state index contributed by atoms with van der Waals surface area (Å²) in [7, 11) is 0. The van der Waals surface area contributed by atoms with Crippen LogP contribution >= 0.6 is 0 Å². The Kier molecular flexibility index (Phi) is 5.51. The smallest absolute Gasteiger partial charge is 0.126 e. The number of hydrogen-bond acceptors (Lipinski definition) is 0. The van der Waals surface area contributed by atoms with E-state index in [1.807, 2.05) is 6.07 Å². The third-order valence-electron chi connectivity index (χ3n) is 2.99. The predicted octanol–water partition coefficient (Wildman–Crippen LogP) is 4.68. The number of rotatable bonds is 6. The maximum Gasteiger partial charge on any atom is 0.126 e. The summed E-state index contributed by atoms with van der Waals surface area (Å²) in [6.07, 6.45) is 6.21. The van der Waals surface area contributed by atoms with Gasteiger partial charge in [-0.15, -0.1) is 0 Å². The van der Waals surface area contributed by atoms with Crippen molar-refractivity contribution in [2.45, 2.75) is 59.3 Å². The first-order chi connectivity index (χ1) is 7.74. The highest BCUT2D eigenvalue weighted by atomic mass is 19.1. The Hall–Kier alpha value is -0.850. The van der Waals surface area contributed by atoms with Crippen LogP contribution in [0.5, 0.6) is 0 Å². The molecule has 1 aromatic carbocycles. The van der Waals surface area contributed by atoms with Gasteiger partial charge in [0.05, 0.1) is 0 Å². The highest BCUT2D eigenvalue weighted by Crippen LogP contribution is 2.23. The monoisotopic (exact) mass is 222 g/mol. The Morgan fingerprint density at radius 2 is 1.38 bits per heavy atom. The van der Waals surface area contributed by atoms with E-state index in [9.17, 15) is 4.39 Å². The molecule has 0 aromatic heterocycles. The molecular weight excluding hydrogens is 199 g/mol. The van der Waals surface area contributed by atoms with E-state index in [0.717, 1.165) is 44.1 Å². The molecule has 0 radical (unpaired) electrons. The van der Waals surface area contributed by atoms with E-state index in [-0.39, 0.29) is 5.82 Å². The minimum Gasteiger partial charge on any atom is -0.207 e. The van der Waals surface area contributed by atoms with Crippen molar-refractivity contribution in [3.63, 3.8) is 0 Å². The van der Waals surface area contributed by atoms with E-state index in [2.05, 4.69) is 20.8 Å². The second-order valence-electron chi connectivity index (χ2n) is 4.41. The Labute approximate surface area is 98.9 Å². The molecule has 0 fully saturated rings. The van der Waals surface area contributed by atoms with Crippen molar-refractivity contribution in [3.05, 3.63) is 34.6 Å². The Bertz CT molecular complexity index is 328. The molecule has 0 spiro atoms. The lowest BCUT2D eigenvalue weighted by molar-refractivity contribution is 0.600. The van der Waals surface area contributed by atoms with E-state index >= 15 is 0 Å². The SMILES string of the molecule is CCCc1ccc(F)c(CCC)c1CCC. The van der Waals surface area contributed by atoms with Crippen LogP contribution in [0.3, 0.4) is 0 Å². The minimum absolute atomic E-state index is 0.00912. The molecule has 0 aliphatic carbocycles. The second-order valence-corrected chi connectivity index (χ2v) is 4.41. The van der Waals surface area contributed by atoms with Gasteiger partial charge >= 0.3 is 0 Å². The molecule has 0 saturated carbocycles. The summed E-state index contributed by atoms with van der Waals surface area (Å²) in [5.74, 6) is -0.00912. The molecule has 0 nitrogen and oxygen atoms in total. The van der Waals surface area contributed by atoms with E-state index in [0.29, 0.717) is 0 Å². The van der Waals surface area contributed by atoms with Gasteiger partial charge in [-0.3, -0.25) is 0 Å². The zero-order valence-corrected chi connectivity index (χ0v) is 10.8. The summed E-state index contributed by atoms with van der Waals surface area (Å²) in [6.45, 7) is 6.45. The van der Waals surface area contributed by atoms with Crippen molar-refractivity contribution >= 4 is 0 Å². The molecule has 0 aliphatic rings. The Balaban J connectivity index is 3.14. The summed E-state index contributed by atoms with van der Waals surface area (Å²) >= 11 is 0. The fourth-order valence-corrected chi connectivity index (χ4v) is 2.30.